The maximum absolute atomic E-state index is 15.2. The highest BCUT2D eigenvalue weighted by atomic mass is 35.5. The van der Waals surface area contributed by atoms with Crippen molar-refractivity contribution in [3.05, 3.63) is 87.2 Å². The third-order valence-corrected chi connectivity index (χ3v) is 15.6. The molecule has 1 aromatic carbocycles. The number of phenols is 1. The third-order valence-electron chi connectivity index (χ3n) is 15.1. The van der Waals surface area contributed by atoms with E-state index in [0.717, 1.165) is 24.0 Å². The summed E-state index contributed by atoms with van der Waals surface area (Å²) in [4.78, 5) is 43.0. The molecule has 0 aromatic heterocycles. The molecule has 15 atom stereocenters. The van der Waals surface area contributed by atoms with Gasteiger partial charge in [0.05, 0.1) is 36.0 Å². The molecule has 6 aliphatic rings. The van der Waals surface area contributed by atoms with E-state index in [0.29, 0.717) is 36.3 Å². The smallest absolute Gasteiger partial charge is 0.346 e. The number of hydrogen-bond donors (Lipinski definition) is 6. The number of Topliss-reactive ketones (excluding diaryl/α,β-unsaturated/α-hetero) is 1. The zero-order valence-electron chi connectivity index (χ0n) is 37.2. The van der Waals surface area contributed by atoms with E-state index in [-0.39, 0.29) is 46.9 Å². The average molecular weight is 878 g/mol. The highest BCUT2D eigenvalue weighted by molar-refractivity contribution is 6.32. The molecular formula is C49H65ClN2O10. The molecule has 11 unspecified atom stereocenters. The number of carbonyl (C=O) groups is 3. The summed E-state index contributed by atoms with van der Waals surface area (Å²) < 4.78 is 19.7. The lowest BCUT2D eigenvalue weighted by molar-refractivity contribution is -0.215. The Balaban J connectivity index is 1.28. The molecule has 2 aliphatic heterocycles. The van der Waals surface area contributed by atoms with Crippen LogP contribution in [0.1, 0.15) is 102 Å². The standard InChI is InChI=1S/C49H65ClN2O10/c1-9-12-28-15-16-30-19-24(3)37(61-38-22-34(51-8)42(27(6)60-38)52-46(58)39-26(5)33(50)17-18-35(39)53)14-11-13-32-29(10-2)21-31-41(25(4)20-36(54)43(31)55)48(32,7)44(56)40-45(57)49(30,23-28)62-47(40)59/h11,13,15-19,21,25,27-28,30-32,34,36-38,41-43,51,53-56H,9-10,12,14,20,22-23H2,1-8H3,(H,52,58)/b13-11+,24-19+,44-40+/t25?,27-,28?,30?,31?,32?,34-,36?,37?,38+,41?,42+,43?,48?,49?/m1/s1. The van der Waals surface area contributed by atoms with Crippen LogP contribution in [0.3, 0.4) is 0 Å². The first-order valence-electron chi connectivity index (χ1n) is 22.5. The topological polar surface area (TPSA) is 184 Å². The summed E-state index contributed by atoms with van der Waals surface area (Å²) in [6.07, 6.45) is 11.8. The van der Waals surface area contributed by atoms with E-state index in [1.807, 2.05) is 72.0 Å². The number of ketones is 1. The Bertz CT molecular complexity index is 2090. The van der Waals surface area contributed by atoms with Crippen LogP contribution in [0.25, 0.3) is 0 Å². The van der Waals surface area contributed by atoms with Crippen molar-refractivity contribution in [1.82, 2.24) is 10.6 Å². The van der Waals surface area contributed by atoms with Crippen molar-refractivity contribution in [3.8, 4) is 5.75 Å². The number of rotatable bonds is 8. The van der Waals surface area contributed by atoms with Crippen molar-refractivity contribution in [2.75, 3.05) is 7.05 Å². The monoisotopic (exact) mass is 876 g/mol. The number of allylic oxidation sites excluding steroid dienone is 4. The summed E-state index contributed by atoms with van der Waals surface area (Å²) in [7, 11) is 1.81. The van der Waals surface area contributed by atoms with Crippen LogP contribution in [0.15, 0.2) is 71.1 Å². The number of likely N-dealkylation sites (N-methyl/N-ethyl adjacent to an activating group) is 1. The lowest BCUT2D eigenvalue weighted by Gasteiger charge is -2.56. The number of aromatic hydroxyl groups is 1. The molecule has 338 valence electrons. The number of phenolic OH excluding ortho intramolecular Hbond substituents is 1. The van der Waals surface area contributed by atoms with Crippen LogP contribution in [-0.4, -0.2) is 93.5 Å². The van der Waals surface area contributed by atoms with Gasteiger partial charge in [0.25, 0.3) is 5.91 Å². The first-order valence-corrected chi connectivity index (χ1v) is 22.9. The summed E-state index contributed by atoms with van der Waals surface area (Å²) >= 11 is 6.31. The minimum atomic E-state index is -1.59. The Morgan fingerprint density at radius 3 is 2.48 bits per heavy atom. The third kappa shape index (κ3) is 7.91. The van der Waals surface area contributed by atoms with Gasteiger partial charge in [-0.2, -0.15) is 0 Å². The highest BCUT2D eigenvalue weighted by Crippen LogP contribution is 2.60. The van der Waals surface area contributed by atoms with Crippen molar-refractivity contribution in [3.63, 3.8) is 0 Å². The normalized spacial score (nSPS) is 42.1. The Morgan fingerprint density at radius 2 is 1.79 bits per heavy atom. The molecule has 7 rings (SSSR count). The largest absolute Gasteiger partial charge is 0.511 e. The lowest BCUT2D eigenvalue weighted by atomic mass is 9.49. The van der Waals surface area contributed by atoms with Gasteiger partial charge >= 0.3 is 5.97 Å². The Labute approximate surface area is 370 Å². The fourth-order valence-corrected chi connectivity index (χ4v) is 12.1. The number of nitrogens with one attached hydrogen (secondary N) is 2. The molecule has 0 radical (unpaired) electrons. The van der Waals surface area contributed by atoms with Crippen LogP contribution in [0.5, 0.6) is 5.75 Å². The number of aliphatic hydroxyl groups excluding tert-OH is 3. The van der Waals surface area contributed by atoms with Crippen LogP contribution in [0.2, 0.25) is 5.02 Å². The van der Waals surface area contributed by atoms with Gasteiger partial charge in [-0.1, -0.05) is 87.7 Å². The number of halogens is 1. The van der Waals surface area contributed by atoms with E-state index in [1.165, 1.54) is 6.07 Å². The van der Waals surface area contributed by atoms with Crippen molar-refractivity contribution in [1.29, 1.82) is 0 Å². The van der Waals surface area contributed by atoms with Gasteiger partial charge in [0.15, 0.2) is 11.9 Å². The molecule has 1 aromatic rings. The summed E-state index contributed by atoms with van der Waals surface area (Å²) in [5.74, 6) is -4.66. The molecule has 1 spiro atoms. The summed E-state index contributed by atoms with van der Waals surface area (Å²) in [5, 5.41) is 52.5. The molecule has 12 nitrogen and oxygen atoms in total. The minimum absolute atomic E-state index is 0.0320. The number of esters is 1. The van der Waals surface area contributed by atoms with Gasteiger partial charge < -0.3 is 45.3 Å². The van der Waals surface area contributed by atoms with E-state index in [4.69, 9.17) is 25.8 Å². The van der Waals surface area contributed by atoms with Gasteiger partial charge in [0.1, 0.15) is 17.1 Å². The van der Waals surface area contributed by atoms with Gasteiger partial charge in [-0.15, -0.1) is 0 Å². The molecule has 62 heavy (non-hydrogen) atoms. The van der Waals surface area contributed by atoms with Gasteiger partial charge in [-0.3, -0.25) is 9.59 Å². The number of hydrogen-bond acceptors (Lipinski definition) is 11. The molecule has 3 fully saturated rings. The Morgan fingerprint density at radius 1 is 1.05 bits per heavy atom. The highest BCUT2D eigenvalue weighted by Gasteiger charge is 2.63. The minimum Gasteiger partial charge on any atom is -0.511 e. The molecule has 1 saturated carbocycles. The van der Waals surface area contributed by atoms with Crippen LogP contribution in [0.4, 0.5) is 0 Å². The number of amides is 1. The predicted octanol–water partition coefficient (Wildman–Crippen LogP) is 7.10. The first-order chi connectivity index (χ1) is 29.4. The molecule has 2 heterocycles. The summed E-state index contributed by atoms with van der Waals surface area (Å²) in [5.41, 5.74) is -0.850. The zero-order chi connectivity index (χ0) is 45.0. The average Bonchev–Trinajstić information content (AvgIpc) is 3.47. The van der Waals surface area contributed by atoms with Crippen molar-refractivity contribution in [2.45, 2.75) is 142 Å². The van der Waals surface area contributed by atoms with Gasteiger partial charge in [0.2, 0.25) is 5.78 Å². The molecule has 13 heteroatoms. The number of ether oxygens (including phenoxy) is 3. The van der Waals surface area contributed by atoms with E-state index in [9.17, 15) is 30.0 Å². The zero-order valence-corrected chi connectivity index (χ0v) is 37.9. The molecule has 2 bridgehead atoms. The van der Waals surface area contributed by atoms with Crippen LogP contribution >= 0.6 is 11.6 Å². The SMILES string of the molecule is CCCC1C=CC2/C=C(\C)C(O[C@H]3C[C@@H](NC)[C@@H](NC(=O)c4c(O)ccc(Cl)c4C)[C@@H](C)O3)C/C=C/C3C(CC)=CC4C(O)C(O)CC(C)C4C3(C)/C(O)=C3\C(=O)OC2(C1)C3=O. The first kappa shape index (κ1) is 46.2. The van der Waals surface area contributed by atoms with E-state index in [2.05, 4.69) is 23.6 Å². The van der Waals surface area contributed by atoms with Crippen LogP contribution in [-0.2, 0) is 23.8 Å². The number of carbonyl (C=O) groups excluding carboxylic acids is 3. The molecule has 6 N–H and O–H groups in total. The molecular weight excluding hydrogens is 812 g/mol. The second kappa shape index (κ2) is 18.0. The van der Waals surface area contributed by atoms with Crippen LogP contribution in [0, 0.1) is 47.8 Å². The molecule has 1 amide bonds. The summed E-state index contributed by atoms with van der Waals surface area (Å²) in [6, 6.07) is 2.17. The van der Waals surface area contributed by atoms with Gasteiger partial charge in [0, 0.05) is 47.1 Å². The van der Waals surface area contributed by atoms with Gasteiger partial charge in [-0.25, -0.2) is 4.79 Å². The maximum Gasteiger partial charge on any atom is 0.346 e. The predicted molar refractivity (Wildman–Crippen MR) is 235 cm³/mol. The fourth-order valence-electron chi connectivity index (χ4n) is 11.9. The second-order valence-corrected chi connectivity index (χ2v) is 19.3. The van der Waals surface area contributed by atoms with Crippen LogP contribution < -0.4 is 10.6 Å². The Hall–Kier alpha value is -3.78. The Kier molecular flexibility index (Phi) is 13.4. The van der Waals surface area contributed by atoms with E-state index in [1.54, 1.807) is 13.0 Å². The summed E-state index contributed by atoms with van der Waals surface area (Å²) in [6.45, 7) is 13.5. The number of fused-ring (bicyclic) bond motifs is 4. The van der Waals surface area contributed by atoms with Crippen molar-refractivity contribution < 1.29 is 49.0 Å². The van der Waals surface area contributed by atoms with E-state index >= 15 is 4.79 Å². The molecule has 4 aliphatic carbocycles. The number of benzene rings is 1. The second-order valence-electron chi connectivity index (χ2n) is 18.9. The lowest BCUT2D eigenvalue weighted by Crippen LogP contribution is -2.60. The van der Waals surface area contributed by atoms with Crippen molar-refractivity contribution >= 4 is 29.3 Å². The van der Waals surface area contributed by atoms with Gasteiger partial charge in [-0.05, 0) is 94.5 Å². The fraction of sp³-hybridized carbons (Fsp3) is 0.612. The van der Waals surface area contributed by atoms with Crippen molar-refractivity contribution in [2.24, 2.45) is 40.9 Å². The molecule has 2 saturated heterocycles. The maximum atomic E-state index is 15.2. The number of aliphatic hydroxyl groups is 3. The van der Waals surface area contributed by atoms with E-state index < -0.39 is 89.1 Å². The quantitative estimate of drug-likeness (QED) is 0.0890.